The SMILES string of the molecule is Cc1c(Cl)cccc1Nc1nnc(SCC(=O)NNC(=O)c2ccc(F)cc2)s1. The van der Waals surface area contributed by atoms with Crippen molar-refractivity contribution in [2.45, 2.75) is 11.3 Å². The molecule has 3 N–H and O–H groups in total. The highest BCUT2D eigenvalue weighted by Crippen LogP contribution is 2.30. The molecule has 7 nitrogen and oxygen atoms in total. The van der Waals surface area contributed by atoms with Crippen molar-refractivity contribution in [1.82, 2.24) is 21.0 Å². The van der Waals surface area contributed by atoms with Crippen molar-refractivity contribution in [3.8, 4) is 0 Å². The predicted molar refractivity (Wildman–Crippen MR) is 112 cm³/mol. The number of carbonyl (C=O) groups is 2. The second-order valence-electron chi connectivity index (χ2n) is 5.71. The summed E-state index contributed by atoms with van der Waals surface area (Å²) in [6.07, 6.45) is 0. The number of rotatable bonds is 6. The summed E-state index contributed by atoms with van der Waals surface area (Å²) in [4.78, 5) is 23.8. The van der Waals surface area contributed by atoms with Crippen molar-refractivity contribution in [2.75, 3.05) is 11.1 Å². The topological polar surface area (TPSA) is 96.0 Å². The molecule has 0 saturated heterocycles. The molecule has 29 heavy (non-hydrogen) atoms. The van der Waals surface area contributed by atoms with Gasteiger partial charge in [0, 0.05) is 16.3 Å². The Bertz CT molecular complexity index is 1030. The van der Waals surface area contributed by atoms with Gasteiger partial charge in [0.1, 0.15) is 5.82 Å². The lowest BCUT2D eigenvalue weighted by Crippen LogP contribution is -2.42. The van der Waals surface area contributed by atoms with Crippen LogP contribution in [0.15, 0.2) is 46.8 Å². The molecule has 0 aliphatic carbocycles. The van der Waals surface area contributed by atoms with Gasteiger partial charge in [-0.3, -0.25) is 20.4 Å². The third kappa shape index (κ3) is 5.89. The Morgan fingerprint density at radius 1 is 1.14 bits per heavy atom. The van der Waals surface area contributed by atoms with E-state index in [0.29, 0.717) is 14.5 Å². The van der Waals surface area contributed by atoms with Gasteiger partial charge < -0.3 is 5.32 Å². The van der Waals surface area contributed by atoms with E-state index in [4.69, 9.17) is 11.6 Å². The smallest absolute Gasteiger partial charge is 0.269 e. The third-order valence-corrected chi connectivity index (χ3v) is 6.05. The molecule has 3 rings (SSSR count). The van der Waals surface area contributed by atoms with E-state index < -0.39 is 17.6 Å². The van der Waals surface area contributed by atoms with Gasteiger partial charge in [0.05, 0.1) is 5.75 Å². The predicted octanol–water partition coefficient (Wildman–Crippen LogP) is 3.94. The lowest BCUT2D eigenvalue weighted by Gasteiger charge is -2.07. The van der Waals surface area contributed by atoms with E-state index in [2.05, 4.69) is 26.4 Å². The maximum absolute atomic E-state index is 12.9. The normalized spacial score (nSPS) is 10.4. The number of carbonyl (C=O) groups excluding carboxylic acids is 2. The molecule has 2 amide bonds. The molecule has 3 aromatic rings. The van der Waals surface area contributed by atoms with Gasteiger partial charge in [-0.2, -0.15) is 0 Å². The largest absolute Gasteiger partial charge is 0.330 e. The summed E-state index contributed by atoms with van der Waals surface area (Å²) in [6.45, 7) is 1.89. The second kappa shape index (κ2) is 9.68. The van der Waals surface area contributed by atoms with Gasteiger partial charge >= 0.3 is 0 Å². The molecular weight excluding hydrogens is 437 g/mol. The Morgan fingerprint density at radius 3 is 2.66 bits per heavy atom. The third-order valence-electron chi connectivity index (χ3n) is 3.66. The highest BCUT2D eigenvalue weighted by molar-refractivity contribution is 8.01. The van der Waals surface area contributed by atoms with Gasteiger partial charge in [0.25, 0.3) is 5.91 Å². The highest BCUT2D eigenvalue weighted by atomic mass is 35.5. The van der Waals surface area contributed by atoms with Crippen LogP contribution in [0.3, 0.4) is 0 Å². The molecule has 0 aliphatic rings. The van der Waals surface area contributed by atoms with Crippen LogP contribution in [0.4, 0.5) is 15.2 Å². The van der Waals surface area contributed by atoms with Crippen molar-refractivity contribution in [2.24, 2.45) is 0 Å². The first-order chi connectivity index (χ1) is 13.9. The van der Waals surface area contributed by atoms with Crippen molar-refractivity contribution in [3.05, 3.63) is 64.4 Å². The monoisotopic (exact) mass is 451 g/mol. The van der Waals surface area contributed by atoms with Crippen molar-refractivity contribution in [1.29, 1.82) is 0 Å². The Morgan fingerprint density at radius 2 is 1.90 bits per heavy atom. The standard InChI is InChI=1S/C18H15ClFN5O2S2/c1-10-13(19)3-2-4-14(10)21-17-24-25-18(29-17)28-9-15(26)22-23-16(27)11-5-7-12(20)8-6-11/h2-8H,9H2,1H3,(H,21,24)(H,22,26)(H,23,27). The first-order valence-corrected chi connectivity index (χ1v) is 10.4. The zero-order valence-corrected chi connectivity index (χ0v) is 17.4. The number of nitrogens with one attached hydrogen (secondary N) is 3. The molecule has 0 aliphatic heterocycles. The molecule has 150 valence electrons. The molecule has 2 aromatic carbocycles. The van der Waals surface area contributed by atoms with Crippen LogP contribution in [0.5, 0.6) is 0 Å². The summed E-state index contributed by atoms with van der Waals surface area (Å²) >= 11 is 8.57. The number of amides is 2. The molecule has 1 heterocycles. The summed E-state index contributed by atoms with van der Waals surface area (Å²) in [5.74, 6) is -1.36. The van der Waals surface area contributed by atoms with Crippen LogP contribution in [0, 0.1) is 12.7 Å². The molecule has 0 bridgehead atoms. The zero-order valence-electron chi connectivity index (χ0n) is 15.0. The van der Waals surface area contributed by atoms with Crippen LogP contribution < -0.4 is 16.2 Å². The molecule has 0 atom stereocenters. The quantitative estimate of drug-likeness (QED) is 0.388. The Labute approximate surface area is 179 Å². The van der Waals surface area contributed by atoms with E-state index in [1.807, 2.05) is 19.1 Å². The Kier molecular flexibility index (Phi) is 7.02. The van der Waals surface area contributed by atoms with Crippen molar-refractivity contribution < 1.29 is 14.0 Å². The van der Waals surface area contributed by atoms with Gasteiger partial charge in [-0.1, -0.05) is 40.8 Å². The summed E-state index contributed by atoms with van der Waals surface area (Å²) in [6, 6.07) is 10.5. The maximum atomic E-state index is 12.9. The van der Waals surface area contributed by atoms with E-state index in [-0.39, 0.29) is 11.3 Å². The van der Waals surface area contributed by atoms with Gasteiger partial charge in [-0.15, -0.1) is 10.2 Å². The fraction of sp³-hybridized carbons (Fsp3) is 0.111. The fourth-order valence-electron chi connectivity index (χ4n) is 2.14. The average molecular weight is 452 g/mol. The van der Waals surface area contributed by atoms with E-state index in [1.165, 1.54) is 47.4 Å². The van der Waals surface area contributed by atoms with E-state index in [1.54, 1.807) is 6.07 Å². The van der Waals surface area contributed by atoms with Crippen molar-refractivity contribution in [3.63, 3.8) is 0 Å². The highest BCUT2D eigenvalue weighted by Gasteiger charge is 2.11. The molecule has 11 heteroatoms. The number of hydrogen-bond acceptors (Lipinski definition) is 7. The molecular formula is C18H15ClFN5O2S2. The molecule has 0 fully saturated rings. The minimum atomic E-state index is -0.539. The number of halogens is 2. The molecule has 1 aromatic heterocycles. The van der Waals surface area contributed by atoms with Crippen molar-refractivity contribution >= 4 is 57.3 Å². The maximum Gasteiger partial charge on any atom is 0.269 e. The van der Waals surface area contributed by atoms with Gasteiger partial charge in [0.15, 0.2) is 4.34 Å². The second-order valence-corrected chi connectivity index (χ2v) is 8.32. The van der Waals surface area contributed by atoms with Gasteiger partial charge in [0.2, 0.25) is 11.0 Å². The van der Waals surface area contributed by atoms with Crippen LogP contribution in [0.1, 0.15) is 15.9 Å². The Hall–Kier alpha value is -2.69. The average Bonchev–Trinajstić information content (AvgIpc) is 3.16. The van der Waals surface area contributed by atoms with E-state index >= 15 is 0 Å². The molecule has 0 unspecified atom stereocenters. The molecule has 0 spiro atoms. The lowest BCUT2D eigenvalue weighted by atomic mass is 10.2. The molecule has 0 saturated carbocycles. The van der Waals surface area contributed by atoms with Crippen LogP contribution >= 0.6 is 34.7 Å². The van der Waals surface area contributed by atoms with Gasteiger partial charge in [-0.05, 0) is 48.9 Å². The van der Waals surface area contributed by atoms with E-state index in [9.17, 15) is 14.0 Å². The number of hydrogen-bond donors (Lipinski definition) is 3. The van der Waals surface area contributed by atoms with Crippen LogP contribution in [0.2, 0.25) is 5.02 Å². The summed E-state index contributed by atoms with van der Waals surface area (Å²) in [5.41, 5.74) is 6.53. The van der Waals surface area contributed by atoms with Crippen LogP contribution in [0.25, 0.3) is 0 Å². The number of hydrazine groups is 1. The number of thioether (sulfide) groups is 1. The molecule has 0 radical (unpaired) electrons. The first kappa shape index (κ1) is 21.0. The zero-order chi connectivity index (χ0) is 20.8. The minimum absolute atomic E-state index is 0.0362. The van der Waals surface area contributed by atoms with Gasteiger partial charge in [-0.25, -0.2) is 4.39 Å². The van der Waals surface area contributed by atoms with Crippen LogP contribution in [-0.2, 0) is 4.79 Å². The first-order valence-electron chi connectivity index (χ1n) is 8.25. The van der Waals surface area contributed by atoms with Crippen LogP contribution in [-0.4, -0.2) is 27.8 Å². The number of anilines is 2. The Balaban J connectivity index is 1.46. The fourth-order valence-corrected chi connectivity index (χ4v) is 3.88. The minimum Gasteiger partial charge on any atom is -0.330 e. The summed E-state index contributed by atoms with van der Waals surface area (Å²) in [5, 5.41) is 12.4. The van der Waals surface area contributed by atoms with E-state index in [0.717, 1.165) is 11.3 Å². The summed E-state index contributed by atoms with van der Waals surface area (Å²) < 4.78 is 13.5. The number of benzene rings is 2. The lowest BCUT2D eigenvalue weighted by molar-refractivity contribution is -0.119. The number of aromatic nitrogens is 2. The number of nitrogens with zero attached hydrogens (tertiary/aromatic N) is 2. The summed E-state index contributed by atoms with van der Waals surface area (Å²) in [7, 11) is 0.